The van der Waals surface area contributed by atoms with E-state index in [0.717, 1.165) is 0 Å². The molecule has 2 aromatic rings. The summed E-state index contributed by atoms with van der Waals surface area (Å²) in [5, 5.41) is 13.7. The molecule has 1 N–H and O–H groups in total. The van der Waals surface area contributed by atoms with Crippen molar-refractivity contribution in [2.75, 3.05) is 13.1 Å². The van der Waals surface area contributed by atoms with Gasteiger partial charge >= 0.3 is 5.97 Å². The fraction of sp³-hybridized carbons (Fsp3) is 0.389. The molecule has 2 heterocycles. The highest BCUT2D eigenvalue weighted by molar-refractivity contribution is 5.94. The van der Waals surface area contributed by atoms with Gasteiger partial charge in [0.25, 0.3) is 5.91 Å². The molecular formula is C18H20FN3O3. The average molecular weight is 345 g/mol. The Morgan fingerprint density at radius 3 is 2.60 bits per heavy atom. The third kappa shape index (κ3) is 3.26. The highest BCUT2D eigenvalue weighted by atomic mass is 19.1. The number of aliphatic carboxylic acids is 1. The molecule has 6 nitrogen and oxygen atoms in total. The van der Waals surface area contributed by atoms with Gasteiger partial charge in [0, 0.05) is 24.8 Å². The maximum Gasteiger partial charge on any atom is 0.311 e. The Kier molecular flexibility index (Phi) is 4.32. The average Bonchev–Trinajstić information content (AvgIpc) is 2.96. The molecular weight excluding hydrogens is 325 g/mol. The van der Waals surface area contributed by atoms with E-state index in [-0.39, 0.29) is 18.3 Å². The highest BCUT2D eigenvalue weighted by Gasteiger charge is 2.40. The molecule has 1 aromatic carbocycles. The second-order valence-electron chi connectivity index (χ2n) is 6.78. The van der Waals surface area contributed by atoms with Gasteiger partial charge in [-0.3, -0.25) is 9.59 Å². The van der Waals surface area contributed by atoms with Crippen LogP contribution in [0.3, 0.4) is 0 Å². The highest BCUT2D eigenvalue weighted by Crippen LogP contribution is 2.30. The van der Waals surface area contributed by atoms with Gasteiger partial charge in [-0.25, -0.2) is 9.07 Å². The maximum atomic E-state index is 13.1. The number of likely N-dealkylation sites (tertiary alicyclic amines) is 1. The molecule has 1 amide bonds. The largest absolute Gasteiger partial charge is 0.481 e. The summed E-state index contributed by atoms with van der Waals surface area (Å²) in [5.41, 5.74) is 0.704. The summed E-state index contributed by atoms with van der Waals surface area (Å²) < 4.78 is 14.6. The molecule has 1 aliphatic heterocycles. The Balaban J connectivity index is 1.85. The number of aromatic nitrogens is 2. The number of carbonyl (C=O) groups is 2. The monoisotopic (exact) mass is 345 g/mol. The molecule has 0 bridgehead atoms. The van der Waals surface area contributed by atoms with Crippen molar-refractivity contribution in [1.29, 1.82) is 0 Å². The molecule has 1 aromatic heterocycles. The summed E-state index contributed by atoms with van der Waals surface area (Å²) in [7, 11) is 0. The van der Waals surface area contributed by atoms with Crippen LogP contribution in [0, 0.1) is 18.2 Å². The van der Waals surface area contributed by atoms with Gasteiger partial charge in [-0.1, -0.05) is 0 Å². The third-order valence-corrected chi connectivity index (χ3v) is 4.69. The quantitative estimate of drug-likeness (QED) is 0.928. The smallest absolute Gasteiger partial charge is 0.311 e. The van der Waals surface area contributed by atoms with E-state index in [1.807, 2.05) is 0 Å². The van der Waals surface area contributed by atoms with Crippen molar-refractivity contribution in [2.45, 2.75) is 26.7 Å². The van der Waals surface area contributed by atoms with Crippen molar-refractivity contribution in [3.8, 4) is 5.69 Å². The lowest BCUT2D eigenvalue weighted by Gasteiger charge is -2.37. The van der Waals surface area contributed by atoms with Gasteiger partial charge in [-0.2, -0.15) is 5.10 Å². The van der Waals surface area contributed by atoms with Crippen molar-refractivity contribution >= 4 is 11.9 Å². The minimum absolute atomic E-state index is 0.171. The minimum Gasteiger partial charge on any atom is -0.481 e. The van der Waals surface area contributed by atoms with Crippen LogP contribution in [0.5, 0.6) is 0 Å². The molecule has 132 valence electrons. The van der Waals surface area contributed by atoms with E-state index in [1.165, 1.54) is 16.8 Å². The lowest BCUT2D eigenvalue weighted by Crippen LogP contribution is -2.48. The van der Waals surface area contributed by atoms with E-state index < -0.39 is 11.4 Å². The fourth-order valence-electron chi connectivity index (χ4n) is 3.13. The van der Waals surface area contributed by atoms with Gasteiger partial charge in [0.1, 0.15) is 5.82 Å². The Hall–Kier alpha value is -2.70. The molecule has 1 saturated heterocycles. The number of carbonyl (C=O) groups excluding carboxylic acids is 1. The number of carboxylic acid groups (broad SMARTS) is 1. The van der Waals surface area contributed by atoms with Crippen molar-refractivity contribution in [3.05, 3.63) is 47.5 Å². The molecule has 25 heavy (non-hydrogen) atoms. The molecule has 0 aliphatic carbocycles. The number of carboxylic acids is 1. The summed E-state index contributed by atoms with van der Waals surface area (Å²) >= 11 is 0. The number of piperidine rings is 1. The van der Waals surface area contributed by atoms with E-state index >= 15 is 0 Å². The van der Waals surface area contributed by atoms with E-state index in [2.05, 4.69) is 5.10 Å². The van der Waals surface area contributed by atoms with E-state index in [4.69, 9.17) is 0 Å². The molecule has 1 unspecified atom stereocenters. The van der Waals surface area contributed by atoms with Crippen molar-refractivity contribution in [2.24, 2.45) is 5.41 Å². The summed E-state index contributed by atoms with van der Waals surface area (Å²) in [4.78, 5) is 25.9. The summed E-state index contributed by atoms with van der Waals surface area (Å²) in [6, 6.07) is 5.82. The summed E-state index contributed by atoms with van der Waals surface area (Å²) in [6.45, 7) is 4.13. The van der Waals surface area contributed by atoms with Crippen LogP contribution in [0.2, 0.25) is 0 Å². The van der Waals surface area contributed by atoms with Crippen molar-refractivity contribution in [1.82, 2.24) is 14.7 Å². The maximum absolute atomic E-state index is 13.1. The molecule has 7 heteroatoms. The number of amides is 1. The zero-order chi connectivity index (χ0) is 18.2. The van der Waals surface area contributed by atoms with Crippen molar-refractivity contribution in [3.63, 3.8) is 0 Å². The SMILES string of the molecule is Cc1cn(-c2ccc(F)cc2)nc1C(=O)N1CCCC(C)(C(=O)O)C1. The zero-order valence-electron chi connectivity index (χ0n) is 14.2. The van der Waals surface area contributed by atoms with Gasteiger partial charge in [-0.15, -0.1) is 0 Å². The fourth-order valence-corrected chi connectivity index (χ4v) is 3.13. The summed E-state index contributed by atoms with van der Waals surface area (Å²) in [6.07, 6.45) is 2.90. The van der Waals surface area contributed by atoms with Gasteiger partial charge in [-0.05, 0) is 51.0 Å². The van der Waals surface area contributed by atoms with Gasteiger partial charge in [0.05, 0.1) is 11.1 Å². The number of halogens is 1. The third-order valence-electron chi connectivity index (χ3n) is 4.69. The molecule has 0 saturated carbocycles. The molecule has 1 fully saturated rings. The van der Waals surface area contributed by atoms with Crippen LogP contribution in [0.25, 0.3) is 5.69 Å². The minimum atomic E-state index is -0.929. The number of nitrogens with zero attached hydrogens (tertiary/aromatic N) is 3. The summed E-state index contributed by atoms with van der Waals surface area (Å²) in [5.74, 6) is -1.51. The predicted octanol–water partition coefficient (Wildman–Crippen LogP) is 2.65. The van der Waals surface area contributed by atoms with Crippen LogP contribution in [0.1, 0.15) is 35.8 Å². The van der Waals surface area contributed by atoms with Gasteiger partial charge in [0.2, 0.25) is 0 Å². The van der Waals surface area contributed by atoms with Crippen LogP contribution in [0.15, 0.2) is 30.5 Å². The predicted molar refractivity (Wildman–Crippen MR) is 89.1 cm³/mol. The number of rotatable bonds is 3. The topological polar surface area (TPSA) is 75.4 Å². The van der Waals surface area contributed by atoms with E-state index in [0.29, 0.717) is 36.3 Å². The van der Waals surface area contributed by atoms with Gasteiger partial charge in [0.15, 0.2) is 5.69 Å². The van der Waals surface area contributed by atoms with Crippen LogP contribution < -0.4 is 0 Å². The molecule has 0 spiro atoms. The number of benzene rings is 1. The zero-order valence-corrected chi connectivity index (χ0v) is 14.2. The second kappa shape index (κ2) is 6.31. The lowest BCUT2D eigenvalue weighted by atomic mass is 9.82. The standard InChI is InChI=1S/C18H20FN3O3/c1-12-10-22(14-6-4-13(19)5-7-14)20-15(12)16(23)21-9-3-8-18(2,11-21)17(24)25/h4-7,10H,3,8-9,11H2,1-2H3,(H,24,25). The first-order valence-electron chi connectivity index (χ1n) is 8.15. The van der Waals surface area contributed by atoms with Crippen LogP contribution in [-0.4, -0.2) is 44.8 Å². The molecule has 1 atom stereocenters. The Bertz CT molecular complexity index is 815. The van der Waals surface area contributed by atoms with E-state index in [9.17, 15) is 19.1 Å². The number of hydrogen-bond donors (Lipinski definition) is 1. The normalized spacial score (nSPS) is 20.5. The van der Waals surface area contributed by atoms with E-state index in [1.54, 1.807) is 37.1 Å². The first-order chi connectivity index (χ1) is 11.8. The van der Waals surface area contributed by atoms with Crippen molar-refractivity contribution < 1.29 is 19.1 Å². The molecule has 0 radical (unpaired) electrons. The van der Waals surface area contributed by atoms with Gasteiger partial charge < -0.3 is 10.0 Å². The number of aryl methyl sites for hydroxylation is 1. The first-order valence-corrected chi connectivity index (χ1v) is 8.15. The Morgan fingerprint density at radius 2 is 1.96 bits per heavy atom. The van der Waals surface area contributed by atoms with Crippen LogP contribution in [-0.2, 0) is 4.79 Å². The van der Waals surface area contributed by atoms with Crippen LogP contribution >= 0.6 is 0 Å². The first kappa shape index (κ1) is 17.1. The molecule has 1 aliphatic rings. The number of hydrogen-bond acceptors (Lipinski definition) is 3. The Morgan fingerprint density at radius 1 is 1.28 bits per heavy atom. The van der Waals surface area contributed by atoms with Crippen LogP contribution in [0.4, 0.5) is 4.39 Å². The Labute approximate surface area is 144 Å². The second-order valence-corrected chi connectivity index (χ2v) is 6.78. The molecule has 3 rings (SSSR count). The lowest BCUT2D eigenvalue weighted by molar-refractivity contribution is -0.150.